The Morgan fingerprint density at radius 2 is 2.05 bits per heavy atom. The second kappa shape index (κ2) is 6.20. The number of hydrogen-bond donors (Lipinski definition) is 1. The molecule has 3 unspecified atom stereocenters. The summed E-state index contributed by atoms with van der Waals surface area (Å²) in [7, 11) is 1.87. The van der Waals surface area contributed by atoms with Gasteiger partial charge in [-0.05, 0) is 36.7 Å². The van der Waals surface area contributed by atoms with Crippen LogP contribution in [0.1, 0.15) is 25.3 Å². The van der Waals surface area contributed by atoms with Crippen molar-refractivity contribution >= 4 is 5.91 Å². The van der Waals surface area contributed by atoms with Crippen LogP contribution in [0.15, 0.2) is 30.3 Å². The zero-order valence-corrected chi connectivity index (χ0v) is 11.9. The van der Waals surface area contributed by atoms with Crippen molar-refractivity contribution in [2.45, 2.75) is 32.2 Å². The van der Waals surface area contributed by atoms with E-state index in [1.165, 1.54) is 12.0 Å². The highest BCUT2D eigenvalue weighted by Gasteiger charge is 2.34. The lowest BCUT2D eigenvalue weighted by atomic mass is 10.0. The Bertz CT molecular complexity index is 418. The second-order valence-corrected chi connectivity index (χ2v) is 5.82. The Labute approximate surface area is 115 Å². The van der Waals surface area contributed by atoms with Gasteiger partial charge in [-0.3, -0.25) is 4.79 Å². The number of hydrogen-bond acceptors (Lipinski definition) is 2. The van der Waals surface area contributed by atoms with Crippen molar-refractivity contribution in [3.8, 4) is 0 Å². The summed E-state index contributed by atoms with van der Waals surface area (Å²) in [5.41, 5.74) is 7.25. The molecular formula is C16H24N2O. The third-order valence-corrected chi connectivity index (χ3v) is 4.06. The Morgan fingerprint density at radius 1 is 1.42 bits per heavy atom. The molecule has 19 heavy (non-hydrogen) atoms. The smallest absolute Gasteiger partial charge is 0.239 e. The summed E-state index contributed by atoms with van der Waals surface area (Å²) >= 11 is 0. The van der Waals surface area contributed by atoms with Gasteiger partial charge in [-0.25, -0.2) is 0 Å². The number of likely N-dealkylation sites (N-methyl/N-ethyl adjacent to an activating group) is 1. The van der Waals surface area contributed by atoms with Crippen molar-refractivity contribution in [2.24, 2.45) is 17.6 Å². The van der Waals surface area contributed by atoms with E-state index in [-0.39, 0.29) is 11.9 Å². The first-order chi connectivity index (χ1) is 9.08. The first-order valence-electron chi connectivity index (χ1n) is 7.12. The van der Waals surface area contributed by atoms with Gasteiger partial charge in [0, 0.05) is 13.6 Å². The lowest BCUT2D eigenvalue weighted by Crippen LogP contribution is -2.42. The van der Waals surface area contributed by atoms with Gasteiger partial charge >= 0.3 is 0 Å². The molecule has 1 aliphatic carbocycles. The quantitative estimate of drug-likeness (QED) is 0.851. The van der Waals surface area contributed by atoms with Gasteiger partial charge in [0.15, 0.2) is 0 Å². The van der Waals surface area contributed by atoms with Gasteiger partial charge < -0.3 is 10.6 Å². The van der Waals surface area contributed by atoms with Crippen molar-refractivity contribution in [1.82, 2.24) is 4.90 Å². The highest BCUT2D eigenvalue weighted by molar-refractivity contribution is 5.81. The van der Waals surface area contributed by atoms with E-state index in [1.807, 2.05) is 30.1 Å². The highest BCUT2D eigenvalue weighted by Crippen LogP contribution is 2.37. The summed E-state index contributed by atoms with van der Waals surface area (Å²) < 4.78 is 0. The average molecular weight is 260 g/mol. The van der Waals surface area contributed by atoms with E-state index in [4.69, 9.17) is 5.73 Å². The average Bonchev–Trinajstić information content (AvgIpc) is 3.11. The normalized spacial score (nSPS) is 22.9. The molecule has 3 heteroatoms. The standard InChI is InChI=1S/C16H24N2O/c1-12-10-14(12)11-18(2)16(19)15(17)9-8-13-6-4-3-5-7-13/h3-7,12,14-15H,8-11,17H2,1-2H3. The van der Waals surface area contributed by atoms with Crippen LogP contribution in [-0.4, -0.2) is 30.4 Å². The maximum atomic E-state index is 12.1. The second-order valence-electron chi connectivity index (χ2n) is 5.82. The molecule has 104 valence electrons. The number of carbonyl (C=O) groups excluding carboxylic acids is 1. The number of rotatable bonds is 6. The molecule has 2 N–H and O–H groups in total. The Kier molecular flexibility index (Phi) is 4.59. The maximum Gasteiger partial charge on any atom is 0.239 e. The van der Waals surface area contributed by atoms with Gasteiger partial charge in [0.2, 0.25) is 5.91 Å². The number of benzene rings is 1. The van der Waals surface area contributed by atoms with Crippen LogP contribution in [0.2, 0.25) is 0 Å². The molecule has 1 aromatic carbocycles. The molecule has 1 fully saturated rings. The largest absolute Gasteiger partial charge is 0.344 e. The van der Waals surface area contributed by atoms with Crippen molar-refractivity contribution in [3.63, 3.8) is 0 Å². The maximum absolute atomic E-state index is 12.1. The predicted molar refractivity (Wildman–Crippen MR) is 77.6 cm³/mol. The van der Waals surface area contributed by atoms with Gasteiger partial charge in [0.05, 0.1) is 6.04 Å². The Hall–Kier alpha value is -1.35. The summed E-state index contributed by atoms with van der Waals surface area (Å²) in [5, 5.41) is 0. The van der Waals surface area contributed by atoms with Gasteiger partial charge in [-0.2, -0.15) is 0 Å². The minimum absolute atomic E-state index is 0.0787. The van der Waals surface area contributed by atoms with Crippen molar-refractivity contribution in [3.05, 3.63) is 35.9 Å². The fourth-order valence-corrected chi connectivity index (χ4v) is 2.47. The summed E-state index contributed by atoms with van der Waals surface area (Å²) in [6, 6.07) is 9.81. The van der Waals surface area contributed by atoms with Crippen molar-refractivity contribution in [1.29, 1.82) is 0 Å². The van der Waals surface area contributed by atoms with Crippen LogP contribution in [-0.2, 0) is 11.2 Å². The minimum atomic E-state index is -0.376. The molecule has 0 bridgehead atoms. The lowest BCUT2D eigenvalue weighted by Gasteiger charge is -2.21. The predicted octanol–water partition coefficient (Wildman–Crippen LogP) is 2.06. The van der Waals surface area contributed by atoms with Crippen LogP contribution in [0.25, 0.3) is 0 Å². The first kappa shape index (κ1) is 14.1. The Morgan fingerprint density at radius 3 is 2.63 bits per heavy atom. The van der Waals surface area contributed by atoms with E-state index in [0.29, 0.717) is 12.3 Å². The van der Waals surface area contributed by atoms with Gasteiger partial charge in [-0.15, -0.1) is 0 Å². The van der Waals surface area contributed by atoms with Crippen LogP contribution in [0, 0.1) is 11.8 Å². The third kappa shape index (κ3) is 4.06. The van der Waals surface area contributed by atoms with E-state index in [9.17, 15) is 4.79 Å². The molecule has 0 heterocycles. The molecule has 0 radical (unpaired) electrons. The topological polar surface area (TPSA) is 46.3 Å². The number of nitrogens with two attached hydrogens (primary N) is 1. The summed E-state index contributed by atoms with van der Waals surface area (Å²) in [5.74, 6) is 1.54. The molecule has 3 atom stereocenters. The number of nitrogens with zero attached hydrogens (tertiary/aromatic N) is 1. The monoisotopic (exact) mass is 260 g/mol. The number of carbonyl (C=O) groups is 1. The molecule has 1 aromatic rings. The van der Waals surface area contributed by atoms with Crippen LogP contribution in [0.3, 0.4) is 0 Å². The molecule has 0 saturated heterocycles. The number of amides is 1. The molecule has 0 aliphatic heterocycles. The first-order valence-corrected chi connectivity index (χ1v) is 7.12. The molecule has 1 aliphatic rings. The zero-order valence-electron chi connectivity index (χ0n) is 11.9. The SMILES string of the molecule is CC1CC1CN(C)C(=O)C(N)CCc1ccccc1. The van der Waals surface area contributed by atoms with E-state index >= 15 is 0 Å². The fraction of sp³-hybridized carbons (Fsp3) is 0.562. The highest BCUT2D eigenvalue weighted by atomic mass is 16.2. The Balaban J connectivity index is 1.75. The summed E-state index contributed by atoms with van der Waals surface area (Å²) in [4.78, 5) is 13.9. The fourth-order valence-electron chi connectivity index (χ4n) is 2.47. The van der Waals surface area contributed by atoms with E-state index in [0.717, 1.165) is 18.9 Å². The molecular weight excluding hydrogens is 236 g/mol. The van der Waals surface area contributed by atoms with Crippen LogP contribution in [0.4, 0.5) is 0 Å². The van der Waals surface area contributed by atoms with Gasteiger partial charge in [0.1, 0.15) is 0 Å². The van der Waals surface area contributed by atoms with Gasteiger partial charge in [-0.1, -0.05) is 37.3 Å². The summed E-state index contributed by atoms with van der Waals surface area (Å²) in [6.07, 6.45) is 2.83. The number of aryl methyl sites for hydroxylation is 1. The molecule has 2 rings (SSSR count). The van der Waals surface area contributed by atoms with E-state index in [2.05, 4.69) is 19.1 Å². The minimum Gasteiger partial charge on any atom is -0.344 e. The van der Waals surface area contributed by atoms with Gasteiger partial charge in [0.25, 0.3) is 0 Å². The van der Waals surface area contributed by atoms with Crippen LogP contribution < -0.4 is 5.73 Å². The van der Waals surface area contributed by atoms with Crippen LogP contribution >= 0.6 is 0 Å². The van der Waals surface area contributed by atoms with Crippen molar-refractivity contribution < 1.29 is 4.79 Å². The molecule has 1 saturated carbocycles. The lowest BCUT2D eigenvalue weighted by molar-refractivity contribution is -0.131. The molecule has 0 spiro atoms. The molecule has 0 aromatic heterocycles. The third-order valence-electron chi connectivity index (χ3n) is 4.06. The zero-order chi connectivity index (χ0) is 13.8. The van der Waals surface area contributed by atoms with Crippen molar-refractivity contribution in [2.75, 3.05) is 13.6 Å². The van der Waals surface area contributed by atoms with E-state index < -0.39 is 0 Å². The van der Waals surface area contributed by atoms with Crippen LogP contribution in [0.5, 0.6) is 0 Å². The molecule has 1 amide bonds. The van der Waals surface area contributed by atoms with E-state index in [1.54, 1.807) is 0 Å². The summed E-state index contributed by atoms with van der Waals surface area (Å²) in [6.45, 7) is 3.09. The molecule has 3 nitrogen and oxygen atoms in total.